The molecule has 1 aliphatic heterocycles. The largest absolute Gasteiger partial charge is 0.477 e. The molecule has 20 heavy (non-hydrogen) atoms. The Hall–Kier alpha value is -1.95. The summed E-state index contributed by atoms with van der Waals surface area (Å²) in [4.78, 5) is 28.6. The van der Waals surface area contributed by atoms with Gasteiger partial charge in [-0.05, 0) is 24.5 Å². The predicted molar refractivity (Wildman–Crippen MR) is 71.7 cm³/mol. The van der Waals surface area contributed by atoms with Gasteiger partial charge in [0.15, 0.2) is 0 Å². The van der Waals surface area contributed by atoms with Gasteiger partial charge in [0.1, 0.15) is 5.69 Å². The van der Waals surface area contributed by atoms with E-state index >= 15 is 0 Å². The molecule has 1 aromatic heterocycles. The van der Waals surface area contributed by atoms with Gasteiger partial charge in [-0.25, -0.2) is 9.78 Å². The molecule has 0 radical (unpaired) electrons. The number of carboxylic acids is 1. The summed E-state index contributed by atoms with van der Waals surface area (Å²) in [6, 6.07) is 2.84. The van der Waals surface area contributed by atoms with E-state index in [1.807, 2.05) is 0 Å². The van der Waals surface area contributed by atoms with E-state index in [-0.39, 0.29) is 17.7 Å². The van der Waals surface area contributed by atoms with E-state index in [0.717, 1.165) is 6.42 Å². The Morgan fingerprint density at radius 2 is 2.20 bits per heavy atom. The fourth-order valence-corrected chi connectivity index (χ4v) is 2.35. The fourth-order valence-electron chi connectivity index (χ4n) is 2.35. The average molecular weight is 278 g/mol. The van der Waals surface area contributed by atoms with Crippen molar-refractivity contribution < 1.29 is 19.4 Å². The lowest BCUT2D eigenvalue weighted by molar-refractivity contribution is -0.00158. The number of likely N-dealkylation sites (tertiary alicyclic amines) is 1. The topological polar surface area (TPSA) is 79.7 Å². The normalized spacial score (nSPS) is 22.6. The Morgan fingerprint density at radius 1 is 1.45 bits per heavy atom. The van der Waals surface area contributed by atoms with E-state index in [0.29, 0.717) is 24.6 Å². The molecular formula is C14H18N2O4. The van der Waals surface area contributed by atoms with Gasteiger partial charge in [-0.3, -0.25) is 4.79 Å². The number of pyridine rings is 1. The van der Waals surface area contributed by atoms with Crippen LogP contribution in [0.4, 0.5) is 0 Å². The van der Waals surface area contributed by atoms with E-state index in [1.165, 1.54) is 18.3 Å². The minimum absolute atomic E-state index is 0.0407. The molecule has 1 amide bonds. The second kappa shape index (κ2) is 6.00. The van der Waals surface area contributed by atoms with Gasteiger partial charge < -0.3 is 14.7 Å². The molecule has 2 heterocycles. The number of piperidine rings is 1. The van der Waals surface area contributed by atoms with Crippen molar-refractivity contribution in [3.63, 3.8) is 0 Å². The summed E-state index contributed by atoms with van der Waals surface area (Å²) in [5.41, 5.74) is 0.336. The third kappa shape index (κ3) is 2.96. The molecule has 2 unspecified atom stereocenters. The SMILES string of the molecule is COC1CN(C(=O)c2ccc(C(=O)O)nc2)CCC1C. The maximum atomic E-state index is 12.3. The number of aromatic carboxylic acids is 1. The Bertz CT molecular complexity index is 500. The predicted octanol–water partition coefficient (Wildman–Crippen LogP) is 1.28. The van der Waals surface area contributed by atoms with Crippen LogP contribution in [0.15, 0.2) is 18.3 Å². The first kappa shape index (κ1) is 14.5. The van der Waals surface area contributed by atoms with Gasteiger partial charge in [0.2, 0.25) is 0 Å². The zero-order valence-electron chi connectivity index (χ0n) is 11.6. The Labute approximate surface area is 117 Å². The standard InChI is InChI=1S/C14H18N2O4/c1-9-5-6-16(8-12(9)20-2)13(17)10-3-4-11(14(18)19)15-7-10/h3-4,7,9,12H,5-6,8H2,1-2H3,(H,18,19). The minimum Gasteiger partial charge on any atom is -0.477 e. The monoisotopic (exact) mass is 278 g/mol. The number of carbonyl (C=O) groups is 2. The van der Waals surface area contributed by atoms with Crippen molar-refractivity contribution in [1.82, 2.24) is 9.88 Å². The molecule has 1 aliphatic rings. The van der Waals surface area contributed by atoms with Gasteiger partial charge >= 0.3 is 5.97 Å². The van der Waals surface area contributed by atoms with E-state index in [2.05, 4.69) is 11.9 Å². The zero-order valence-corrected chi connectivity index (χ0v) is 11.6. The Kier molecular flexibility index (Phi) is 4.34. The van der Waals surface area contributed by atoms with Crippen molar-refractivity contribution in [1.29, 1.82) is 0 Å². The average Bonchev–Trinajstić information content (AvgIpc) is 2.47. The molecule has 108 valence electrons. The number of ether oxygens (including phenoxy) is 1. The lowest BCUT2D eigenvalue weighted by Gasteiger charge is -2.36. The molecule has 2 rings (SSSR count). The van der Waals surface area contributed by atoms with Crippen molar-refractivity contribution in [2.75, 3.05) is 20.2 Å². The van der Waals surface area contributed by atoms with Gasteiger partial charge in [0, 0.05) is 26.4 Å². The molecule has 6 nitrogen and oxygen atoms in total. The summed E-state index contributed by atoms with van der Waals surface area (Å²) < 4.78 is 5.38. The summed E-state index contributed by atoms with van der Waals surface area (Å²) in [7, 11) is 1.65. The third-order valence-electron chi connectivity index (χ3n) is 3.71. The van der Waals surface area contributed by atoms with Crippen molar-refractivity contribution >= 4 is 11.9 Å². The molecule has 0 bridgehead atoms. The number of aromatic nitrogens is 1. The number of hydrogen-bond donors (Lipinski definition) is 1. The van der Waals surface area contributed by atoms with Crippen LogP contribution in [0, 0.1) is 5.92 Å². The summed E-state index contributed by atoms with van der Waals surface area (Å²) >= 11 is 0. The first-order valence-electron chi connectivity index (χ1n) is 6.54. The van der Waals surface area contributed by atoms with Crippen LogP contribution >= 0.6 is 0 Å². The van der Waals surface area contributed by atoms with Crippen LogP contribution in [0.2, 0.25) is 0 Å². The zero-order chi connectivity index (χ0) is 14.7. The highest BCUT2D eigenvalue weighted by molar-refractivity contribution is 5.95. The second-order valence-electron chi connectivity index (χ2n) is 5.03. The van der Waals surface area contributed by atoms with Crippen LogP contribution in [0.5, 0.6) is 0 Å². The van der Waals surface area contributed by atoms with Gasteiger partial charge in [-0.1, -0.05) is 6.92 Å². The van der Waals surface area contributed by atoms with E-state index in [1.54, 1.807) is 12.0 Å². The third-order valence-corrected chi connectivity index (χ3v) is 3.71. The molecular weight excluding hydrogens is 260 g/mol. The van der Waals surface area contributed by atoms with Gasteiger partial charge in [-0.15, -0.1) is 0 Å². The lowest BCUT2D eigenvalue weighted by Crippen LogP contribution is -2.46. The van der Waals surface area contributed by atoms with Crippen molar-refractivity contribution in [2.45, 2.75) is 19.4 Å². The maximum Gasteiger partial charge on any atom is 0.354 e. The smallest absolute Gasteiger partial charge is 0.354 e. The highest BCUT2D eigenvalue weighted by atomic mass is 16.5. The van der Waals surface area contributed by atoms with E-state index < -0.39 is 5.97 Å². The Morgan fingerprint density at radius 3 is 2.75 bits per heavy atom. The molecule has 0 saturated carbocycles. The molecule has 0 aromatic carbocycles. The summed E-state index contributed by atoms with van der Waals surface area (Å²) in [6.45, 7) is 3.34. The van der Waals surface area contributed by atoms with Gasteiger partial charge in [0.25, 0.3) is 5.91 Å². The number of carboxylic acid groups (broad SMARTS) is 1. The number of hydrogen-bond acceptors (Lipinski definition) is 4. The van der Waals surface area contributed by atoms with E-state index in [4.69, 9.17) is 9.84 Å². The number of methoxy groups -OCH3 is 1. The lowest BCUT2D eigenvalue weighted by atomic mass is 9.95. The Balaban J connectivity index is 2.09. The van der Waals surface area contributed by atoms with Crippen molar-refractivity contribution in [3.05, 3.63) is 29.6 Å². The number of amides is 1. The molecule has 1 fully saturated rings. The molecule has 0 aliphatic carbocycles. The van der Waals surface area contributed by atoms with Crippen molar-refractivity contribution in [2.24, 2.45) is 5.92 Å². The maximum absolute atomic E-state index is 12.3. The number of carbonyl (C=O) groups excluding carboxylic acids is 1. The van der Waals surface area contributed by atoms with E-state index in [9.17, 15) is 9.59 Å². The number of rotatable bonds is 3. The van der Waals surface area contributed by atoms with Gasteiger partial charge in [0.05, 0.1) is 11.7 Å². The van der Waals surface area contributed by atoms with Gasteiger partial charge in [-0.2, -0.15) is 0 Å². The quantitative estimate of drug-likeness (QED) is 0.900. The summed E-state index contributed by atoms with van der Waals surface area (Å²) in [5.74, 6) is -0.810. The van der Waals surface area contributed by atoms with Crippen LogP contribution in [-0.2, 0) is 4.74 Å². The highest BCUT2D eigenvalue weighted by Crippen LogP contribution is 2.20. The minimum atomic E-state index is -1.10. The summed E-state index contributed by atoms with van der Waals surface area (Å²) in [5, 5.41) is 8.78. The first-order valence-corrected chi connectivity index (χ1v) is 6.54. The highest BCUT2D eigenvalue weighted by Gasteiger charge is 2.29. The van der Waals surface area contributed by atoms with Crippen molar-refractivity contribution in [3.8, 4) is 0 Å². The van der Waals surface area contributed by atoms with Crippen LogP contribution in [-0.4, -0.2) is 53.2 Å². The van der Waals surface area contributed by atoms with Crippen LogP contribution < -0.4 is 0 Å². The van der Waals surface area contributed by atoms with Crippen LogP contribution in [0.3, 0.4) is 0 Å². The molecule has 1 saturated heterocycles. The molecule has 0 spiro atoms. The van der Waals surface area contributed by atoms with Crippen LogP contribution in [0.25, 0.3) is 0 Å². The molecule has 1 aromatic rings. The fraction of sp³-hybridized carbons (Fsp3) is 0.500. The molecule has 1 N–H and O–H groups in total. The molecule has 6 heteroatoms. The number of nitrogens with zero attached hydrogens (tertiary/aromatic N) is 2. The second-order valence-corrected chi connectivity index (χ2v) is 5.03. The first-order chi connectivity index (χ1) is 9.52. The molecule has 2 atom stereocenters. The van der Waals surface area contributed by atoms with Crippen LogP contribution in [0.1, 0.15) is 34.2 Å². The summed E-state index contributed by atoms with van der Waals surface area (Å²) in [6.07, 6.45) is 2.25.